The molecule has 1 amide bonds. The second-order valence-electron chi connectivity index (χ2n) is 5.49. The molecule has 22 heavy (non-hydrogen) atoms. The Hall–Kier alpha value is -1.85. The highest BCUT2D eigenvalue weighted by molar-refractivity contribution is 5.92. The summed E-state index contributed by atoms with van der Waals surface area (Å²) in [7, 11) is 0. The van der Waals surface area contributed by atoms with E-state index in [1.54, 1.807) is 16.9 Å². The molecule has 0 aliphatic heterocycles. The molecule has 2 unspecified atom stereocenters. The first-order valence-electron chi connectivity index (χ1n) is 7.40. The maximum Gasteiger partial charge on any atom is 0.272 e. The molecule has 3 rings (SSSR count). The minimum absolute atomic E-state index is 0. The second-order valence-corrected chi connectivity index (χ2v) is 5.49. The number of nitrogens with zero attached hydrogens (tertiary/aromatic N) is 2. The molecular formula is C16H21ClN4O. The van der Waals surface area contributed by atoms with Crippen LogP contribution in [0.4, 0.5) is 0 Å². The summed E-state index contributed by atoms with van der Waals surface area (Å²) in [4.78, 5) is 12.3. The standard InChI is InChI=1S/C16H20N4O.ClH/c17-11-12-5-4-8-14(12)18-16(21)15-9-10-20(19-15)13-6-2-1-3-7-13;/h1-3,6-7,9-10,12,14H,4-5,8,11,17H2,(H,18,21);1H. The summed E-state index contributed by atoms with van der Waals surface area (Å²) in [5, 5.41) is 7.41. The van der Waals surface area contributed by atoms with Gasteiger partial charge in [0.05, 0.1) is 5.69 Å². The number of nitrogens with one attached hydrogen (secondary N) is 1. The highest BCUT2D eigenvalue weighted by Crippen LogP contribution is 2.24. The summed E-state index contributed by atoms with van der Waals surface area (Å²) in [6.07, 6.45) is 5.04. The normalized spacial score (nSPS) is 20.4. The van der Waals surface area contributed by atoms with E-state index in [2.05, 4.69) is 10.4 Å². The molecule has 1 aliphatic rings. The number of carbonyl (C=O) groups is 1. The molecule has 1 aliphatic carbocycles. The molecule has 0 saturated heterocycles. The molecule has 2 aromatic rings. The Balaban J connectivity index is 0.00000176. The van der Waals surface area contributed by atoms with Gasteiger partial charge in [-0.15, -0.1) is 12.4 Å². The number of halogens is 1. The van der Waals surface area contributed by atoms with Crippen LogP contribution >= 0.6 is 12.4 Å². The molecule has 0 radical (unpaired) electrons. The van der Waals surface area contributed by atoms with Gasteiger partial charge in [0.15, 0.2) is 5.69 Å². The van der Waals surface area contributed by atoms with E-state index in [4.69, 9.17) is 5.73 Å². The van der Waals surface area contributed by atoms with Crippen LogP contribution in [0, 0.1) is 5.92 Å². The first-order valence-corrected chi connectivity index (χ1v) is 7.40. The number of para-hydroxylation sites is 1. The van der Waals surface area contributed by atoms with E-state index in [9.17, 15) is 4.79 Å². The van der Waals surface area contributed by atoms with Crippen LogP contribution in [-0.4, -0.2) is 28.3 Å². The zero-order valence-corrected chi connectivity index (χ0v) is 13.1. The van der Waals surface area contributed by atoms with Crippen molar-refractivity contribution in [1.82, 2.24) is 15.1 Å². The number of nitrogens with two attached hydrogens (primary N) is 1. The Bertz CT molecular complexity index is 614. The van der Waals surface area contributed by atoms with Crippen LogP contribution in [0.15, 0.2) is 42.6 Å². The van der Waals surface area contributed by atoms with Crippen molar-refractivity contribution < 1.29 is 4.79 Å². The van der Waals surface area contributed by atoms with Crippen molar-refractivity contribution in [3.8, 4) is 5.69 Å². The van der Waals surface area contributed by atoms with Gasteiger partial charge in [0.2, 0.25) is 0 Å². The number of aromatic nitrogens is 2. The van der Waals surface area contributed by atoms with Gasteiger partial charge in [-0.3, -0.25) is 4.79 Å². The average molecular weight is 321 g/mol. The molecule has 1 aromatic heterocycles. The summed E-state index contributed by atoms with van der Waals surface area (Å²) in [5.74, 6) is 0.278. The summed E-state index contributed by atoms with van der Waals surface area (Å²) >= 11 is 0. The fourth-order valence-electron chi connectivity index (χ4n) is 2.92. The third-order valence-corrected chi connectivity index (χ3v) is 4.12. The van der Waals surface area contributed by atoms with Crippen LogP contribution in [-0.2, 0) is 0 Å². The third-order valence-electron chi connectivity index (χ3n) is 4.12. The summed E-state index contributed by atoms with van der Waals surface area (Å²) in [6.45, 7) is 0.628. The van der Waals surface area contributed by atoms with E-state index < -0.39 is 0 Å². The molecule has 6 heteroatoms. The van der Waals surface area contributed by atoms with Crippen molar-refractivity contribution in [2.75, 3.05) is 6.54 Å². The van der Waals surface area contributed by atoms with E-state index in [1.165, 1.54) is 0 Å². The van der Waals surface area contributed by atoms with E-state index in [0.717, 1.165) is 24.9 Å². The molecule has 1 aromatic carbocycles. The molecule has 0 spiro atoms. The van der Waals surface area contributed by atoms with Gasteiger partial charge < -0.3 is 11.1 Å². The number of hydrogen-bond acceptors (Lipinski definition) is 3. The number of amides is 1. The zero-order chi connectivity index (χ0) is 14.7. The Labute approximate surface area is 136 Å². The summed E-state index contributed by atoms with van der Waals surface area (Å²) in [5.41, 5.74) is 7.14. The van der Waals surface area contributed by atoms with Crippen molar-refractivity contribution >= 4 is 18.3 Å². The highest BCUT2D eigenvalue weighted by atomic mass is 35.5. The second kappa shape index (κ2) is 7.42. The monoisotopic (exact) mass is 320 g/mol. The third kappa shape index (κ3) is 3.48. The minimum Gasteiger partial charge on any atom is -0.348 e. The number of carbonyl (C=O) groups excluding carboxylic acids is 1. The van der Waals surface area contributed by atoms with E-state index in [0.29, 0.717) is 18.2 Å². The zero-order valence-electron chi connectivity index (χ0n) is 12.3. The van der Waals surface area contributed by atoms with Crippen molar-refractivity contribution in [1.29, 1.82) is 0 Å². The first-order chi connectivity index (χ1) is 10.3. The maximum absolute atomic E-state index is 12.3. The molecule has 118 valence electrons. The van der Waals surface area contributed by atoms with Crippen LogP contribution in [0.1, 0.15) is 29.8 Å². The van der Waals surface area contributed by atoms with Gasteiger partial charge in [-0.1, -0.05) is 24.6 Å². The SMILES string of the molecule is Cl.NCC1CCCC1NC(=O)c1ccn(-c2ccccc2)n1. The summed E-state index contributed by atoms with van der Waals surface area (Å²) < 4.78 is 1.71. The van der Waals surface area contributed by atoms with Crippen molar-refractivity contribution in [3.63, 3.8) is 0 Å². The molecule has 5 nitrogen and oxygen atoms in total. The Morgan fingerprint density at radius 1 is 1.27 bits per heavy atom. The van der Waals surface area contributed by atoms with E-state index in [-0.39, 0.29) is 24.4 Å². The van der Waals surface area contributed by atoms with Gasteiger partial charge >= 0.3 is 0 Å². The van der Waals surface area contributed by atoms with Crippen molar-refractivity contribution in [2.45, 2.75) is 25.3 Å². The smallest absolute Gasteiger partial charge is 0.272 e. The Morgan fingerprint density at radius 2 is 2.05 bits per heavy atom. The van der Waals surface area contributed by atoms with Crippen molar-refractivity contribution in [3.05, 3.63) is 48.3 Å². The minimum atomic E-state index is -0.116. The van der Waals surface area contributed by atoms with Crippen LogP contribution in [0.2, 0.25) is 0 Å². The van der Waals surface area contributed by atoms with Gasteiger partial charge in [-0.25, -0.2) is 4.68 Å². The predicted molar refractivity (Wildman–Crippen MR) is 88.5 cm³/mol. The predicted octanol–water partition coefficient (Wildman–Crippen LogP) is 2.15. The summed E-state index contributed by atoms with van der Waals surface area (Å²) in [6, 6.07) is 11.7. The van der Waals surface area contributed by atoms with Crippen molar-refractivity contribution in [2.24, 2.45) is 11.7 Å². The Kier molecular flexibility index (Phi) is 5.57. The lowest BCUT2D eigenvalue weighted by Gasteiger charge is -2.18. The molecule has 1 saturated carbocycles. The quantitative estimate of drug-likeness (QED) is 0.906. The fourth-order valence-corrected chi connectivity index (χ4v) is 2.92. The van der Waals surface area contributed by atoms with Crippen LogP contribution < -0.4 is 11.1 Å². The maximum atomic E-state index is 12.3. The lowest BCUT2D eigenvalue weighted by Crippen LogP contribution is -2.40. The van der Waals surface area contributed by atoms with Gasteiger partial charge in [-0.05, 0) is 43.5 Å². The number of hydrogen-bond donors (Lipinski definition) is 2. The average Bonchev–Trinajstić information content (AvgIpc) is 3.17. The number of benzene rings is 1. The van der Waals surface area contributed by atoms with Gasteiger partial charge in [0, 0.05) is 12.2 Å². The first kappa shape index (κ1) is 16.5. The Morgan fingerprint density at radius 3 is 2.77 bits per heavy atom. The molecule has 3 N–H and O–H groups in total. The molecule has 1 heterocycles. The van der Waals surface area contributed by atoms with Gasteiger partial charge in [-0.2, -0.15) is 5.10 Å². The van der Waals surface area contributed by atoms with E-state index >= 15 is 0 Å². The van der Waals surface area contributed by atoms with Gasteiger partial charge in [0.25, 0.3) is 5.91 Å². The van der Waals surface area contributed by atoms with Crippen LogP contribution in [0.3, 0.4) is 0 Å². The lowest BCUT2D eigenvalue weighted by atomic mass is 10.0. The highest BCUT2D eigenvalue weighted by Gasteiger charge is 2.28. The topological polar surface area (TPSA) is 72.9 Å². The van der Waals surface area contributed by atoms with Crippen LogP contribution in [0.5, 0.6) is 0 Å². The van der Waals surface area contributed by atoms with E-state index in [1.807, 2.05) is 30.3 Å². The molecule has 1 fully saturated rings. The van der Waals surface area contributed by atoms with Crippen LogP contribution in [0.25, 0.3) is 5.69 Å². The largest absolute Gasteiger partial charge is 0.348 e. The lowest BCUT2D eigenvalue weighted by molar-refractivity contribution is 0.0923. The number of rotatable bonds is 4. The van der Waals surface area contributed by atoms with Gasteiger partial charge in [0.1, 0.15) is 0 Å². The molecule has 0 bridgehead atoms. The fraction of sp³-hybridized carbons (Fsp3) is 0.375. The molecule has 2 atom stereocenters. The molecular weight excluding hydrogens is 300 g/mol.